The van der Waals surface area contributed by atoms with Crippen LogP contribution in [0.25, 0.3) is 21.9 Å². The van der Waals surface area contributed by atoms with Crippen LogP contribution in [0.15, 0.2) is 29.3 Å². The summed E-state index contributed by atoms with van der Waals surface area (Å²) in [5.41, 5.74) is 1.37. The summed E-state index contributed by atoms with van der Waals surface area (Å²) in [6.45, 7) is -0.170. The number of hydrogen-bond acceptors (Lipinski definition) is 5. The van der Waals surface area contributed by atoms with E-state index in [9.17, 15) is 9.59 Å². The molecule has 0 aliphatic heterocycles. The van der Waals surface area contributed by atoms with Crippen molar-refractivity contribution in [3.63, 3.8) is 0 Å². The van der Waals surface area contributed by atoms with Crippen LogP contribution in [-0.4, -0.2) is 34.7 Å². The van der Waals surface area contributed by atoms with E-state index in [4.69, 9.17) is 4.74 Å². The van der Waals surface area contributed by atoms with Gasteiger partial charge in [0, 0.05) is 10.9 Å². The predicted molar refractivity (Wildman–Crippen MR) is 76.4 cm³/mol. The Kier molecular flexibility index (Phi) is 3.09. The first-order valence-electron chi connectivity index (χ1n) is 6.25. The summed E-state index contributed by atoms with van der Waals surface area (Å²) in [4.78, 5) is 30.9. The van der Waals surface area contributed by atoms with Crippen molar-refractivity contribution in [1.29, 1.82) is 0 Å². The Morgan fingerprint density at radius 2 is 2.19 bits per heavy atom. The first-order valence-corrected chi connectivity index (χ1v) is 6.25. The maximum Gasteiger partial charge on any atom is 0.325 e. The van der Waals surface area contributed by atoms with Crippen molar-refractivity contribution in [3.05, 3.63) is 34.9 Å². The lowest BCUT2D eigenvalue weighted by Gasteiger charge is -2.03. The van der Waals surface area contributed by atoms with Crippen LogP contribution in [-0.2, 0) is 16.1 Å². The molecule has 2 aromatic heterocycles. The maximum absolute atomic E-state index is 12.4. The van der Waals surface area contributed by atoms with Gasteiger partial charge in [-0.3, -0.25) is 14.2 Å². The number of rotatable bonds is 3. The highest BCUT2D eigenvalue weighted by Gasteiger charge is 2.13. The van der Waals surface area contributed by atoms with Crippen molar-refractivity contribution in [3.8, 4) is 5.75 Å². The van der Waals surface area contributed by atoms with Crippen LogP contribution in [0.5, 0.6) is 5.75 Å². The number of carbonyl (C=O) groups excluding carboxylic acids is 1. The number of hydrogen-bond donors (Lipinski definition) is 1. The molecule has 0 bridgehead atoms. The molecule has 0 fully saturated rings. The lowest BCUT2D eigenvalue weighted by molar-refractivity contribution is -0.141. The SMILES string of the molecule is COC(=O)Cn1cnc2c([nH]c3ccc(OC)cc32)c1=O. The number of H-pyrrole nitrogens is 1. The molecule has 0 saturated carbocycles. The summed E-state index contributed by atoms with van der Waals surface area (Å²) in [5, 5.41) is 0.798. The molecule has 3 aromatic rings. The van der Waals surface area contributed by atoms with Gasteiger partial charge >= 0.3 is 5.97 Å². The van der Waals surface area contributed by atoms with Crippen LogP contribution >= 0.6 is 0 Å². The number of aromatic amines is 1. The third-order valence-electron chi connectivity index (χ3n) is 3.31. The van der Waals surface area contributed by atoms with Gasteiger partial charge in [0.2, 0.25) is 0 Å². The Balaban J connectivity index is 2.22. The van der Waals surface area contributed by atoms with Gasteiger partial charge in [-0.2, -0.15) is 0 Å². The number of carbonyl (C=O) groups is 1. The number of nitrogens with one attached hydrogen (secondary N) is 1. The summed E-state index contributed by atoms with van der Waals surface area (Å²) in [5.74, 6) is 0.181. The van der Waals surface area contributed by atoms with Crippen molar-refractivity contribution in [2.75, 3.05) is 14.2 Å². The average molecular weight is 287 g/mol. The monoisotopic (exact) mass is 287 g/mol. The molecule has 3 rings (SSSR count). The smallest absolute Gasteiger partial charge is 0.325 e. The van der Waals surface area contributed by atoms with Crippen molar-refractivity contribution >= 4 is 27.9 Å². The number of ether oxygens (including phenoxy) is 2. The topological polar surface area (TPSA) is 86.2 Å². The highest BCUT2D eigenvalue weighted by Crippen LogP contribution is 2.25. The van der Waals surface area contributed by atoms with Crippen LogP contribution in [0.1, 0.15) is 0 Å². The molecule has 108 valence electrons. The fourth-order valence-electron chi connectivity index (χ4n) is 2.21. The first kappa shape index (κ1) is 13.2. The van der Waals surface area contributed by atoms with E-state index in [-0.39, 0.29) is 12.1 Å². The summed E-state index contributed by atoms with van der Waals surface area (Å²) in [6, 6.07) is 5.43. The number of fused-ring (bicyclic) bond motifs is 3. The molecular formula is C14H13N3O4. The van der Waals surface area contributed by atoms with Crippen molar-refractivity contribution < 1.29 is 14.3 Å². The fraction of sp³-hybridized carbons (Fsp3) is 0.214. The third kappa shape index (κ3) is 2.12. The molecule has 7 nitrogen and oxygen atoms in total. The van der Waals surface area contributed by atoms with Gasteiger partial charge < -0.3 is 14.5 Å². The van der Waals surface area contributed by atoms with Gasteiger partial charge in [-0.15, -0.1) is 0 Å². The largest absolute Gasteiger partial charge is 0.497 e. The number of benzene rings is 1. The highest BCUT2D eigenvalue weighted by molar-refractivity contribution is 6.04. The number of esters is 1. The molecule has 2 heterocycles. The zero-order valence-electron chi connectivity index (χ0n) is 11.5. The zero-order chi connectivity index (χ0) is 15.0. The van der Waals surface area contributed by atoms with Crippen molar-refractivity contribution in [2.24, 2.45) is 0 Å². The minimum absolute atomic E-state index is 0.170. The number of aromatic nitrogens is 3. The van der Waals surface area contributed by atoms with E-state index in [1.54, 1.807) is 13.2 Å². The quantitative estimate of drug-likeness (QED) is 0.728. The van der Waals surface area contributed by atoms with Crippen LogP contribution in [0, 0.1) is 0 Å². The molecule has 0 radical (unpaired) electrons. The number of methoxy groups -OCH3 is 2. The normalized spacial score (nSPS) is 11.0. The molecule has 7 heteroatoms. The lowest BCUT2D eigenvalue weighted by atomic mass is 10.2. The summed E-state index contributed by atoms with van der Waals surface area (Å²) in [7, 11) is 2.85. The second kappa shape index (κ2) is 4.93. The van der Waals surface area contributed by atoms with E-state index in [1.165, 1.54) is 18.0 Å². The summed E-state index contributed by atoms with van der Waals surface area (Å²) < 4.78 is 10.9. The van der Waals surface area contributed by atoms with Crippen LogP contribution in [0.3, 0.4) is 0 Å². The Morgan fingerprint density at radius 3 is 2.90 bits per heavy atom. The minimum atomic E-state index is -0.504. The van der Waals surface area contributed by atoms with E-state index >= 15 is 0 Å². The maximum atomic E-state index is 12.4. The molecule has 0 aliphatic carbocycles. The van der Waals surface area contributed by atoms with Crippen molar-refractivity contribution in [2.45, 2.75) is 6.54 Å². The van der Waals surface area contributed by atoms with E-state index in [0.29, 0.717) is 16.8 Å². The number of nitrogens with zero attached hydrogens (tertiary/aromatic N) is 2. The van der Waals surface area contributed by atoms with Crippen LogP contribution in [0.2, 0.25) is 0 Å². The van der Waals surface area contributed by atoms with E-state index in [0.717, 1.165) is 10.9 Å². The van der Waals surface area contributed by atoms with Crippen molar-refractivity contribution in [1.82, 2.24) is 14.5 Å². The molecule has 21 heavy (non-hydrogen) atoms. The van der Waals surface area contributed by atoms with Crippen LogP contribution < -0.4 is 10.3 Å². The lowest BCUT2D eigenvalue weighted by Crippen LogP contribution is -2.25. The van der Waals surface area contributed by atoms with Gasteiger partial charge in [0.05, 0.1) is 20.5 Å². The van der Waals surface area contributed by atoms with Gasteiger partial charge in [0.25, 0.3) is 5.56 Å². The van der Waals surface area contributed by atoms with Gasteiger partial charge in [-0.25, -0.2) is 4.98 Å². The van der Waals surface area contributed by atoms with E-state index in [2.05, 4.69) is 14.7 Å². The Morgan fingerprint density at radius 1 is 1.38 bits per heavy atom. The summed E-state index contributed by atoms with van der Waals surface area (Å²) >= 11 is 0. The van der Waals surface area contributed by atoms with Gasteiger partial charge in [0.15, 0.2) is 0 Å². The molecule has 0 unspecified atom stereocenters. The second-order valence-corrected chi connectivity index (χ2v) is 4.51. The average Bonchev–Trinajstić information content (AvgIpc) is 2.88. The van der Waals surface area contributed by atoms with E-state index < -0.39 is 5.97 Å². The Hall–Kier alpha value is -2.83. The van der Waals surface area contributed by atoms with Gasteiger partial charge in [0.1, 0.15) is 23.3 Å². The standard InChI is InChI=1S/C14H13N3O4/c1-20-8-3-4-10-9(5-8)12-13(16-10)14(19)17(7-15-12)6-11(18)21-2/h3-5,7,16H,6H2,1-2H3. The second-order valence-electron chi connectivity index (χ2n) is 4.51. The molecule has 1 N–H and O–H groups in total. The molecule has 0 aliphatic rings. The molecule has 0 amide bonds. The zero-order valence-corrected chi connectivity index (χ0v) is 11.5. The summed E-state index contributed by atoms with van der Waals surface area (Å²) in [6.07, 6.45) is 1.34. The molecular weight excluding hydrogens is 274 g/mol. The Bertz CT molecular complexity index is 894. The molecule has 0 spiro atoms. The predicted octanol–water partition coefficient (Wildman–Crippen LogP) is 1.06. The Labute approximate surface area is 119 Å². The molecule has 1 aromatic carbocycles. The minimum Gasteiger partial charge on any atom is -0.497 e. The van der Waals surface area contributed by atoms with Gasteiger partial charge in [-0.05, 0) is 18.2 Å². The van der Waals surface area contributed by atoms with E-state index in [1.807, 2.05) is 12.1 Å². The first-order chi connectivity index (χ1) is 10.1. The third-order valence-corrected chi connectivity index (χ3v) is 3.31. The van der Waals surface area contributed by atoms with Crippen LogP contribution in [0.4, 0.5) is 0 Å². The highest BCUT2D eigenvalue weighted by atomic mass is 16.5. The molecule has 0 saturated heterocycles. The fourth-order valence-corrected chi connectivity index (χ4v) is 2.21. The molecule has 0 atom stereocenters. The van der Waals surface area contributed by atoms with Gasteiger partial charge in [-0.1, -0.05) is 0 Å².